The first-order valence-corrected chi connectivity index (χ1v) is 12.8. The summed E-state index contributed by atoms with van der Waals surface area (Å²) in [6.45, 7) is 3.96. The average Bonchev–Trinajstić information content (AvgIpc) is 2.95. The molecule has 4 rings (SSSR count). The Hall–Kier alpha value is -4.24. The highest BCUT2D eigenvalue weighted by molar-refractivity contribution is 5.97. The smallest absolute Gasteiger partial charge is 0.321 e. The molecule has 0 fully saturated rings. The van der Waals surface area contributed by atoms with Gasteiger partial charge in [-0.05, 0) is 36.2 Å². The second kappa shape index (κ2) is 12.5. The van der Waals surface area contributed by atoms with Crippen LogP contribution in [0.5, 0.6) is 5.88 Å². The Labute approximate surface area is 227 Å². The minimum atomic E-state index is -0.530. The number of fused-ring (bicyclic) bond motifs is 1. The van der Waals surface area contributed by atoms with Crippen molar-refractivity contribution in [2.45, 2.75) is 26.0 Å². The molecule has 3 atom stereocenters. The fraction of sp³-hybridized carbons (Fsp3) is 0.300. The monoisotopic (exact) mass is 532 g/mol. The van der Waals surface area contributed by atoms with Crippen LogP contribution in [-0.2, 0) is 0 Å². The van der Waals surface area contributed by atoms with E-state index < -0.39 is 24.0 Å². The Morgan fingerprint density at radius 1 is 1.21 bits per heavy atom. The standard InChI is InChI=1S/C30H33FN4O4/c1-20-17-35(21(2)19-36)29(37)24-15-23(14-13-22-9-5-4-6-10-22)16-32-28(24)39-27(20)18-34(3)30(38)33-26-12-8-7-11-25(26)31/h4-16,20-21,27,36H,17-19H2,1-3H3,(H,33,38)/b14-13+/t20-,21+,27-/m0/s1. The maximum atomic E-state index is 14.0. The van der Waals surface area contributed by atoms with Gasteiger partial charge < -0.3 is 25.0 Å². The molecular formula is C30H33FN4O4. The normalized spacial score (nSPS) is 18.1. The molecule has 0 saturated carbocycles. The Kier molecular flexibility index (Phi) is 8.93. The summed E-state index contributed by atoms with van der Waals surface area (Å²) in [7, 11) is 1.59. The first-order chi connectivity index (χ1) is 18.8. The lowest BCUT2D eigenvalue weighted by molar-refractivity contribution is 0.0356. The van der Waals surface area contributed by atoms with Gasteiger partial charge in [0.2, 0.25) is 5.88 Å². The molecule has 0 spiro atoms. The first-order valence-electron chi connectivity index (χ1n) is 12.8. The fourth-order valence-corrected chi connectivity index (χ4v) is 4.31. The highest BCUT2D eigenvalue weighted by atomic mass is 19.1. The number of para-hydroxylation sites is 1. The van der Waals surface area contributed by atoms with Crippen LogP contribution < -0.4 is 10.1 Å². The van der Waals surface area contributed by atoms with Crippen LogP contribution in [0.4, 0.5) is 14.9 Å². The summed E-state index contributed by atoms with van der Waals surface area (Å²) in [5.74, 6) is -0.868. The lowest BCUT2D eigenvalue weighted by Gasteiger charge is -2.37. The van der Waals surface area contributed by atoms with Gasteiger partial charge in [0.15, 0.2) is 0 Å². The number of halogens is 1. The number of aromatic nitrogens is 1. The van der Waals surface area contributed by atoms with Crippen molar-refractivity contribution in [1.29, 1.82) is 0 Å². The second-order valence-electron chi connectivity index (χ2n) is 9.78. The van der Waals surface area contributed by atoms with Gasteiger partial charge in [0, 0.05) is 25.7 Å². The van der Waals surface area contributed by atoms with Gasteiger partial charge in [0.05, 0.1) is 24.9 Å². The third-order valence-corrected chi connectivity index (χ3v) is 6.73. The molecule has 2 N–H and O–H groups in total. The number of pyridine rings is 1. The van der Waals surface area contributed by atoms with E-state index in [0.717, 1.165) is 11.1 Å². The Balaban J connectivity index is 1.59. The zero-order valence-electron chi connectivity index (χ0n) is 22.3. The lowest BCUT2D eigenvalue weighted by Crippen LogP contribution is -2.50. The summed E-state index contributed by atoms with van der Waals surface area (Å²) < 4.78 is 20.3. The number of carbonyl (C=O) groups excluding carboxylic acids is 2. The van der Waals surface area contributed by atoms with Crippen molar-refractivity contribution in [3.05, 3.63) is 89.4 Å². The van der Waals surface area contributed by atoms with Gasteiger partial charge >= 0.3 is 6.03 Å². The van der Waals surface area contributed by atoms with Gasteiger partial charge in [0.25, 0.3) is 5.91 Å². The van der Waals surface area contributed by atoms with Crippen LogP contribution in [-0.4, -0.2) is 70.7 Å². The number of nitrogens with zero attached hydrogens (tertiary/aromatic N) is 3. The van der Waals surface area contributed by atoms with Crippen molar-refractivity contribution in [1.82, 2.24) is 14.8 Å². The molecule has 0 bridgehead atoms. The zero-order chi connectivity index (χ0) is 27.9. The number of hydrogen-bond acceptors (Lipinski definition) is 5. The van der Waals surface area contributed by atoms with Gasteiger partial charge in [-0.1, -0.05) is 61.5 Å². The van der Waals surface area contributed by atoms with Crippen molar-refractivity contribution in [3.63, 3.8) is 0 Å². The molecule has 3 aromatic rings. The topological polar surface area (TPSA) is 95.0 Å². The quantitative estimate of drug-likeness (QED) is 0.457. The summed E-state index contributed by atoms with van der Waals surface area (Å²) >= 11 is 0. The summed E-state index contributed by atoms with van der Waals surface area (Å²) in [5.41, 5.74) is 2.09. The number of carbonyl (C=O) groups is 2. The van der Waals surface area contributed by atoms with Crippen LogP contribution in [0.15, 0.2) is 66.9 Å². The summed E-state index contributed by atoms with van der Waals surface area (Å²) in [5, 5.41) is 12.4. The summed E-state index contributed by atoms with van der Waals surface area (Å²) in [4.78, 5) is 33.9. The molecule has 8 nitrogen and oxygen atoms in total. The lowest BCUT2D eigenvalue weighted by atomic mass is 10.00. The number of aliphatic hydroxyl groups is 1. The highest BCUT2D eigenvalue weighted by Gasteiger charge is 2.34. The zero-order valence-corrected chi connectivity index (χ0v) is 22.3. The molecule has 3 amide bonds. The van der Waals surface area contributed by atoms with E-state index in [2.05, 4.69) is 10.3 Å². The number of ether oxygens (including phenoxy) is 1. The number of urea groups is 1. The van der Waals surface area contributed by atoms with Gasteiger partial charge in [-0.2, -0.15) is 0 Å². The molecule has 1 aliphatic rings. The molecule has 9 heteroatoms. The number of nitrogens with one attached hydrogen (secondary N) is 1. The summed E-state index contributed by atoms with van der Waals surface area (Å²) in [6.07, 6.45) is 4.90. The minimum absolute atomic E-state index is 0.0811. The second-order valence-corrected chi connectivity index (χ2v) is 9.78. The highest BCUT2D eigenvalue weighted by Crippen LogP contribution is 2.28. The third-order valence-electron chi connectivity index (χ3n) is 6.73. The third kappa shape index (κ3) is 6.80. The Morgan fingerprint density at radius 2 is 1.90 bits per heavy atom. The summed E-state index contributed by atoms with van der Waals surface area (Å²) in [6, 6.07) is 16.5. The predicted molar refractivity (Wildman–Crippen MR) is 149 cm³/mol. The molecule has 2 aromatic carbocycles. The van der Waals surface area contributed by atoms with Crippen LogP contribution in [0.2, 0.25) is 0 Å². The Bertz CT molecular complexity index is 1330. The van der Waals surface area contributed by atoms with E-state index in [1.807, 2.05) is 49.4 Å². The van der Waals surface area contributed by atoms with Crippen molar-refractivity contribution in [2.75, 3.05) is 32.1 Å². The average molecular weight is 533 g/mol. The molecule has 1 aromatic heterocycles. The maximum Gasteiger partial charge on any atom is 0.321 e. The number of likely N-dealkylation sites (N-methyl/N-ethyl adjacent to an activating group) is 1. The minimum Gasteiger partial charge on any atom is -0.472 e. The molecular weight excluding hydrogens is 499 g/mol. The van der Waals surface area contributed by atoms with Gasteiger partial charge in [-0.15, -0.1) is 0 Å². The molecule has 39 heavy (non-hydrogen) atoms. The Morgan fingerprint density at radius 3 is 2.62 bits per heavy atom. The van der Waals surface area contributed by atoms with Crippen molar-refractivity contribution < 1.29 is 23.8 Å². The van der Waals surface area contributed by atoms with Crippen LogP contribution in [0, 0.1) is 11.7 Å². The van der Waals surface area contributed by atoms with Gasteiger partial charge in [-0.25, -0.2) is 14.2 Å². The first kappa shape index (κ1) is 27.8. The molecule has 1 aliphatic heterocycles. The number of anilines is 1. The van der Waals surface area contributed by atoms with Crippen LogP contribution in [0.3, 0.4) is 0 Å². The van der Waals surface area contributed by atoms with E-state index in [1.54, 1.807) is 43.3 Å². The van der Waals surface area contributed by atoms with Crippen molar-refractivity contribution in [2.24, 2.45) is 5.92 Å². The predicted octanol–water partition coefficient (Wildman–Crippen LogP) is 4.78. The number of benzene rings is 2. The molecule has 0 unspecified atom stereocenters. The van der Waals surface area contributed by atoms with Crippen LogP contribution in [0.1, 0.15) is 35.3 Å². The number of rotatable bonds is 7. The van der Waals surface area contributed by atoms with Crippen molar-refractivity contribution in [3.8, 4) is 5.88 Å². The van der Waals surface area contributed by atoms with E-state index in [4.69, 9.17) is 4.74 Å². The van der Waals surface area contributed by atoms with E-state index in [1.165, 1.54) is 17.0 Å². The molecule has 2 heterocycles. The molecule has 204 valence electrons. The number of hydrogen-bond donors (Lipinski definition) is 2. The van der Waals surface area contributed by atoms with E-state index in [-0.39, 0.29) is 42.1 Å². The molecule has 0 saturated heterocycles. The molecule has 0 aliphatic carbocycles. The van der Waals surface area contributed by atoms with E-state index in [0.29, 0.717) is 6.54 Å². The SMILES string of the molecule is C[C@H](CO)N1C[C@H](C)[C@H](CN(C)C(=O)Nc2ccccc2F)Oc2ncc(/C=C/c3ccccc3)cc2C1=O. The van der Waals surface area contributed by atoms with Crippen molar-refractivity contribution >= 4 is 29.8 Å². The van der Waals surface area contributed by atoms with Crippen LogP contribution >= 0.6 is 0 Å². The van der Waals surface area contributed by atoms with E-state index in [9.17, 15) is 19.1 Å². The van der Waals surface area contributed by atoms with Gasteiger partial charge in [-0.3, -0.25) is 4.79 Å². The van der Waals surface area contributed by atoms with E-state index >= 15 is 0 Å². The fourth-order valence-electron chi connectivity index (χ4n) is 4.31. The number of aliphatic hydroxyl groups excluding tert-OH is 1. The maximum absolute atomic E-state index is 14.0. The largest absolute Gasteiger partial charge is 0.472 e. The van der Waals surface area contributed by atoms with Gasteiger partial charge in [0.1, 0.15) is 17.5 Å². The van der Waals surface area contributed by atoms with Crippen LogP contribution in [0.25, 0.3) is 12.2 Å². The number of amides is 3. The molecule has 0 radical (unpaired) electrons.